The number of carbonyl (C=O) groups is 1. The molecule has 0 spiro atoms. The third kappa shape index (κ3) is 4.86. The lowest BCUT2D eigenvalue weighted by molar-refractivity contribution is 0.0977. The first kappa shape index (κ1) is 18.9. The number of anilines is 2. The van der Waals surface area contributed by atoms with E-state index in [1.165, 1.54) is 0 Å². The Labute approximate surface area is 167 Å². The van der Waals surface area contributed by atoms with E-state index >= 15 is 0 Å². The Morgan fingerprint density at radius 2 is 1.81 bits per heavy atom. The van der Waals surface area contributed by atoms with Gasteiger partial charge in [0.15, 0.2) is 5.11 Å². The molecule has 8 heteroatoms. The van der Waals surface area contributed by atoms with Crippen molar-refractivity contribution in [1.29, 1.82) is 0 Å². The number of nitrogens with zero attached hydrogens (tertiary/aromatic N) is 1. The first-order valence-electron chi connectivity index (χ1n) is 8.03. The molecular weight excluding hydrogens is 393 g/mol. The van der Waals surface area contributed by atoms with Crippen LogP contribution in [0.25, 0.3) is 0 Å². The number of morpholine rings is 1. The van der Waals surface area contributed by atoms with Gasteiger partial charge in [0.1, 0.15) is 0 Å². The highest BCUT2D eigenvalue weighted by atomic mass is 35.5. The maximum absolute atomic E-state index is 12.3. The molecule has 1 fully saturated rings. The molecule has 1 aliphatic rings. The summed E-state index contributed by atoms with van der Waals surface area (Å²) in [4.78, 5) is 14.5. The Morgan fingerprint density at radius 3 is 2.54 bits per heavy atom. The van der Waals surface area contributed by atoms with Gasteiger partial charge in [-0.3, -0.25) is 10.1 Å². The summed E-state index contributed by atoms with van der Waals surface area (Å²) >= 11 is 17.3. The standard InChI is InChI=1S/C18H17Cl2N3O2S/c19-13-3-1-2-12(10-13)17(24)22-18(26)21-15-11-14(20)4-5-16(15)23-6-8-25-9-7-23/h1-5,10-11H,6-9H2,(H2,21,22,24,26). The Kier molecular flexibility index (Phi) is 6.32. The highest BCUT2D eigenvalue weighted by Crippen LogP contribution is 2.29. The predicted octanol–water partition coefficient (Wildman–Crippen LogP) is 3.96. The van der Waals surface area contributed by atoms with E-state index in [1.807, 2.05) is 12.1 Å². The van der Waals surface area contributed by atoms with E-state index in [1.54, 1.807) is 30.3 Å². The van der Waals surface area contributed by atoms with Gasteiger partial charge in [-0.05, 0) is 48.6 Å². The zero-order chi connectivity index (χ0) is 18.5. The molecule has 0 saturated carbocycles. The van der Waals surface area contributed by atoms with Crippen LogP contribution in [0.5, 0.6) is 0 Å². The Balaban J connectivity index is 1.72. The van der Waals surface area contributed by atoms with E-state index < -0.39 is 0 Å². The van der Waals surface area contributed by atoms with Crippen molar-refractivity contribution in [1.82, 2.24) is 5.32 Å². The predicted molar refractivity (Wildman–Crippen MR) is 110 cm³/mol. The minimum atomic E-state index is -0.333. The number of hydrogen-bond donors (Lipinski definition) is 2. The molecule has 1 amide bonds. The number of carbonyl (C=O) groups excluding carboxylic acids is 1. The number of thiocarbonyl (C=S) groups is 1. The van der Waals surface area contributed by atoms with Crippen LogP contribution in [0.2, 0.25) is 10.0 Å². The third-order valence-corrected chi connectivity index (χ3v) is 4.55. The van der Waals surface area contributed by atoms with E-state index in [0.29, 0.717) is 28.8 Å². The average Bonchev–Trinajstić information content (AvgIpc) is 2.62. The number of halogens is 2. The molecule has 3 rings (SSSR count). The first-order valence-corrected chi connectivity index (χ1v) is 9.19. The van der Waals surface area contributed by atoms with E-state index in [0.717, 1.165) is 24.5 Å². The topological polar surface area (TPSA) is 53.6 Å². The summed E-state index contributed by atoms with van der Waals surface area (Å²) in [6, 6.07) is 12.2. The van der Waals surface area contributed by atoms with Gasteiger partial charge < -0.3 is 15.0 Å². The highest BCUT2D eigenvalue weighted by Gasteiger charge is 2.16. The van der Waals surface area contributed by atoms with Crippen molar-refractivity contribution in [3.05, 3.63) is 58.1 Å². The number of ether oxygens (including phenoxy) is 1. The van der Waals surface area contributed by atoms with Crippen LogP contribution in [0.15, 0.2) is 42.5 Å². The SMILES string of the molecule is O=C(NC(=S)Nc1cc(Cl)ccc1N1CCOCC1)c1cccc(Cl)c1. The van der Waals surface area contributed by atoms with Crippen LogP contribution in [0.4, 0.5) is 11.4 Å². The van der Waals surface area contributed by atoms with Crippen molar-refractivity contribution < 1.29 is 9.53 Å². The van der Waals surface area contributed by atoms with Crippen LogP contribution in [0.3, 0.4) is 0 Å². The van der Waals surface area contributed by atoms with Gasteiger partial charge in [-0.2, -0.15) is 0 Å². The lowest BCUT2D eigenvalue weighted by atomic mass is 10.2. The summed E-state index contributed by atoms with van der Waals surface area (Å²) in [6.45, 7) is 2.88. The Hall–Kier alpha value is -1.86. The molecule has 0 aromatic heterocycles. The number of hydrogen-bond acceptors (Lipinski definition) is 4. The normalized spacial score (nSPS) is 14.0. The molecule has 0 aliphatic carbocycles. The van der Waals surface area contributed by atoms with Gasteiger partial charge in [-0.15, -0.1) is 0 Å². The van der Waals surface area contributed by atoms with Crippen molar-refractivity contribution in [2.75, 3.05) is 36.5 Å². The van der Waals surface area contributed by atoms with Crippen LogP contribution in [0, 0.1) is 0 Å². The van der Waals surface area contributed by atoms with Crippen molar-refractivity contribution in [3.8, 4) is 0 Å². The quantitative estimate of drug-likeness (QED) is 0.751. The second-order valence-electron chi connectivity index (χ2n) is 5.68. The maximum Gasteiger partial charge on any atom is 0.257 e. The molecule has 5 nitrogen and oxygen atoms in total. The molecule has 136 valence electrons. The average molecular weight is 410 g/mol. The summed E-state index contributed by atoms with van der Waals surface area (Å²) in [7, 11) is 0. The van der Waals surface area contributed by atoms with Crippen molar-refractivity contribution in [2.24, 2.45) is 0 Å². The second kappa shape index (κ2) is 8.68. The summed E-state index contributed by atoms with van der Waals surface area (Å²) in [6.07, 6.45) is 0. The Bertz CT molecular complexity index is 826. The number of amides is 1. The van der Waals surface area contributed by atoms with Crippen LogP contribution >= 0.6 is 35.4 Å². The van der Waals surface area contributed by atoms with Gasteiger partial charge in [0.2, 0.25) is 0 Å². The monoisotopic (exact) mass is 409 g/mol. The highest BCUT2D eigenvalue weighted by molar-refractivity contribution is 7.80. The van der Waals surface area contributed by atoms with Crippen molar-refractivity contribution in [2.45, 2.75) is 0 Å². The van der Waals surface area contributed by atoms with Crippen molar-refractivity contribution >= 4 is 57.8 Å². The lowest BCUT2D eigenvalue weighted by Crippen LogP contribution is -2.38. The molecule has 0 atom stereocenters. The molecule has 0 radical (unpaired) electrons. The number of nitrogens with one attached hydrogen (secondary N) is 2. The van der Waals surface area contributed by atoms with Gasteiger partial charge >= 0.3 is 0 Å². The molecule has 0 unspecified atom stereocenters. The molecular formula is C18H17Cl2N3O2S. The van der Waals surface area contributed by atoms with Gasteiger partial charge in [0.05, 0.1) is 24.6 Å². The summed E-state index contributed by atoms with van der Waals surface area (Å²) < 4.78 is 5.40. The van der Waals surface area contributed by atoms with Gasteiger partial charge in [0, 0.05) is 28.7 Å². The summed E-state index contributed by atoms with van der Waals surface area (Å²) in [5.41, 5.74) is 2.12. The molecule has 1 aliphatic heterocycles. The zero-order valence-electron chi connectivity index (χ0n) is 13.8. The number of benzene rings is 2. The van der Waals surface area contributed by atoms with Crippen LogP contribution < -0.4 is 15.5 Å². The third-order valence-electron chi connectivity index (χ3n) is 3.87. The first-order chi connectivity index (χ1) is 12.5. The molecule has 1 saturated heterocycles. The molecule has 1 heterocycles. The van der Waals surface area contributed by atoms with E-state index in [2.05, 4.69) is 15.5 Å². The van der Waals surface area contributed by atoms with Crippen LogP contribution in [-0.2, 0) is 4.74 Å². The summed E-state index contributed by atoms with van der Waals surface area (Å²) in [5, 5.41) is 6.97. The van der Waals surface area contributed by atoms with E-state index in [-0.39, 0.29) is 11.0 Å². The van der Waals surface area contributed by atoms with E-state index in [4.69, 9.17) is 40.2 Å². The smallest absolute Gasteiger partial charge is 0.257 e. The van der Waals surface area contributed by atoms with E-state index in [9.17, 15) is 4.79 Å². The zero-order valence-corrected chi connectivity index (χ0v) is 16.1. The largest absolute Gasteiger partial charge is 0.378 e. The molecule has 2 N–H and O–H groups in total. The van der Waals surface area contributed by atoms with Crippen LogP contribution in [0.1, 0.15) is 10.4 Å². The minimum Gasteiger partial charge on any atom is -0.378 e. The maximum atomic E-state index is 12.3. The second-order valence-corrected chi connectivity index (χ2v) is 6.96. The molecule has 2 aromatic rings. The molecule has 26 heavy (non-hydrogen) atoms. The Morgan fingerprint density at radius 1 is 1.08 bits per heavy atom. The van der Waals surface area contributed by atoms with Crippen molar-refractivity contribution in [3.63, 3.8) is 0 Å². The van der Waals surface area contributed by atoms with Gasteiger partial charge in [-0.1, -0.05) is 29.3 Å². The molecule has 0 bridgehead atoms. The lowest BCUT2D eigenvalue weighted by Gasteiger charge is -2.30. The summed E-state index contributed by atoms with van der Waals surface area (Å²) in [5.74, 6) is -0.333. The fourth-order valence-corrected chi connectivity index (χ4v) is 3.21. The van der Waals surface area contributed by atoms with Gasteiger partial charge in [0.25, 0.3) is 5.91 Å². The molecule has 2 aromatic carbocycles. The number of rotatable bonds is 3. The van der Waals surface area contributed by atoms with Gasteiger partial charge in [-0.25, -0.2) is 0 Å². The van der Waals surface area contributed by atoms with Crippen LogP contribution in [-0.4, -0.2) is 37.3 Å². The fourth-order valence-electron chi connectivity index (χ4n) is 2.65. The minimum absolute atomic E-state index is 0.187. The fraction of sp³-hybridized carbons (Fsp3) is 0.222.